The van der Waals surface area contributed by atoms with Crippen LogP contribution in [0.3, 0.4) is 0 Å². The van der Waals surface area contributed by atoms with Crippen molar-refractivity contribution in [1.29, 1.82) is 0 Å². The third-order valence-electron chi connectivity index (χ3n) is 3.05. The monoisotopic (exact) mass is 242 g/mol. The van der Waals surface area contributed by atoms with Gasteiger partial charge in [-0.1, -0.05) is 12.1 Å². The van der Waals surface area contributed by atoms with Gasteiger partial charge < -0.3 is 11.1 Å². The maximum atomic E-state index is 12.3. The lowest BCUT2D eigenvalue weighted by Crippen LogP contribution is -2.20. The molecule has 18 heavy (non-hydrogen) atoms. The topological polar surface area (TPSA) is 101 Å². The van der Waals surface area contributed by atoms with Crippen molar-refractivity contribution < 1.29 is 9.59 Å². The molecule has 90 valence electrons. The summed E-state index contributed by atoms with van der Waals surface area (Å²) in [6.45, 7) is 0. The van der Waals surface area contributed by atoms with E-state index in [2.05, 4.69) is 15.5 Å². The first-order valence-corrected chi connectivity index (χ1v) is 5.39. The van der Waals surface area contributed by atoms with Gasteiger partial charge in [-0.15, -0.1) is 0 Å². The fraction of sp³-hybridized carbons (Fsp3) is 0.0833. The molecule has 3 rings (SSSR count). The molecular formula is C12H10N4O2. The van der Waals surface area contributed by atoms with Crippen LogP contribution in [-0.2, 0) is 0 Å². The van der Waals surface area contributed by atoms with Gasteiger partial charge in [0.25, 0.3) is 5.91 Å². The molecule has 6 heteroatoms. The largest absolute Gasteiger partial charge is 0.382 e. The van der Waals surface area contributed by atoms with Gasteiger partial charge in [0.2, 0.25) is 0 Å². The first kappa shape index (κ1) is 10.5. The van der Waals surface area contributed by atoms with E-state index >= 15 is 0 Å². The second-order valence-electron chi connectivity index (χ2n) is 4.00. The number of carbonyl (C=O) groups excluding carboxylic acids is 2. The van der Waals surface area contributed by atoms with Crippen LogP contribution in [0.2, 0.25) is 0 Å². The fourth-order valence-corrected chi connectivity index (χ4v) is 2.23. The average Bonchev–Trinajstić information content (AvgIpc) is 2.90. The van der Waals surface area contributed by atoms with Gasteiger partial charge in [0.05, 0.1) is 16.8 Å². The Bertz CT molecular complexity index is 687. The van der Waals surface area contributed by atoms with Crippen molar-refractivity contribution in [3.63, 3.8) is 0 Å². The smallest absolute Gasteiger partial charge is 0.251 e. The van der Waals surface area contributed by atoms with Crippen molar-refractivity contribution >= 4 is 17.5 Å². The van der Waals surface area contributed by atoms with Gasteiger partial charge in [0.1, 0.15) is 0 Å². The van der Waals surface area contributed by atoms with Crippen LogP contribution in [0.25, 0.3) is 11.3 Å². The van der Waals surface area contributed by atoms with E-state index in [0.717, 1.165) is 0 Å². The van der Waals surface area contributed by atoms with E-state index in [4.69, 9.17) is 5.73 Å². The molecule has 6 nitrogen and oxygen atoms in total. The fourth-order valence-electron chi connectivity index (χ4n) is 2.23. The maximum Gasteiger partial charge on any atom is 0.251 e. The molecule has 1 heterocycles. The molecule has 0 saturated heterocycles. The molecule has 1 aromatic heterocycles. The van der Waals surface area contributed by atoms with Crippen LogP contribution in [-0.4, -0.2) is 28.9 Å². The number of nitrogen functional groups attached to an aromatic ring is 1. The van der Waals surface area contributed by atoms with Crippen LogP contribution < -0.4 is 11.1 Å². The summed E-state index contributed by atoms with van der Waals surface area (Å²) in [5.41, 5.74) is 7.99. The normalized spacial score (nSPS) is 12.2. The zero-order chi connectivity index (χ0) is 12.9. The summed E-state index contributed by atoms with van der Waals surface area (Å²) in [4.78, 5) is 24.0. The van der Waals surface area contributed by atoms with Gasteiger partial charge in [-0.2, -0.15) is 5.10 Å². The molecule has 0 atom stereocenters. The Hall–Kier alpha value is -2.63. The van der Waals surface area contributed by atoms with Crippen LogP contribution in [0, 0.1) is 0 Å². The van der Waals surface area contributed by atoms with Crippen LogP contribution in [0.15, 0.2) is 18.2 Å². The molecule has 1 aliphatic carbocycles. The molecule has 2 aromatic rings. The number of nitrogens with one attached hydrogen (secondary N) is 2. The summed E-state index contributed by atoms with van der Waals surface area (Å²) < 4.78 is 0. The minimum absolute atomic E-state index is 0.161. The standard InChI is InChI=1S/C12H10N4O2/c1-14-12(18)6-4-2-3-5-7(6)10(17)8-9(5)15-16-11(8)13/h2-4H,1H3,(H,14,18)(H3,13,15,16). The van der Waals surface area contributed by atoms with E-state index in [1.54, 1.807) is 18.2 Å². The van der Waals surface area contributed by atoms with Crippen molar-refractivity contribution in [1.82, 2.24) is 15.5 Å². The summed E-state index contributed by atoms with van der Waals surface area (Å²) in [5.74, 6) is -0.392. The predicted molar refractivity (Wildman–Crippen MR) is 65.3 cm³/mol. The first-order valence-electron chi connectivity index (χ1n) is 5.39. The molecular weight excluding hydrogens is 232 g/mol. The Balaban J connectivity index is 2.31. The number of hydrogen-bond acceptors (Lipinski definition) is 4. The van der Waals surface area contributed by atoms with E-state index < -0.39 is 0 Å². The highest BCUT2D eigenvalue weighted by Gasteiger charge is 2.34. The van der Waals surface area contributed by atoms with Crippen LogP contribution in [0.4, 0.5) is 5.82 Å². The molecule has 4 N–H and O–H groups in total. The third-order valence-corrected chi connectivity index (χ3v) is 3.05. The predicted octanol–water partition coefficient (Wildman–Crippen LogP) is 0.563. The number of hydrogen-bond donors (Lipinski definition) is 3. The molecule has 0 radical (unpaired) electrons. The number of aromatic nitrogens is 2. The number of nitrogens with zero attached hydrogens (tertiary/aromatic N) is 1. The lowest BCUT2D eigenvalue weighted by molar-refractivity contribution is 0.0951. The number of aromatic amines is 1. The number of carbonyl (C=O) groups is 2. The highest BCUT2D eigenvalue weighted by Crippen LogP contribution is 2.39. The third kappa shape index (κ3) is 1.14. The van der Waals surface area contributed by atoms with E-state index in [-0.39, 0.29) is 17.5 Å². The van der Waals surface area contributed by atoms with Crippen molar-refractivity contribution in [2.24, 2.45) is 0 Å². The number of H-pyrrole nitrogens is 1. The minimum Gasteiger partial charge on any atom is -0.382 e. The van der Waals surface area contributed by atoms with Crippen molar-refractivity contribution in [2.75, 3.05) is 12.8 Å². The lowest BCUT2D eigenvalue weighted by Gasteiger charge is -2.05. The zero-order valence-electron chi connectivity index (χ0n) is 9.57. The van der Waals surface area contributed by atoms with Crippen LogP contribution in [0.5, 0.6) is 0 Å². The van der Waals surface area contributed by atoms with E-state index in [0.29, 0.717) is 27.9 Å². The quantitative estimate of drug-likeness (QED) is 0.580. The molecule has 0 bridgehead atoms. The van der Waals surface area contributed by atoms with Crippen LogP contribution in [0.1, 0.15) is 26.3 Å². The SMILES string of the molecule is CNC(=O)c1cccc2c1C(=O)c1c(N)n[nH]c1-2. The summed E-state index contributed by atoms with van der Waals surface area (Å²) in [5, 5.41) is 9.06. The Morgan fingerprint density at radius 2 is 2.17 bits per heavy atom. The van der Waals surface area contributed by atoms with Gasteiger partial charge >= 0.3 is 0 Å². The number of nitrogens with two attached hydrogens (primary N) is 1. The van der Waals surface area contributed by atoms with E-state index in [1.807, 2.05) is 0 Å². The first-order chi connectivity index (χ1) is 8.65. The molecule has 0 aliphatic heterocycles. The van der Waals surface area contributed by atoms with Crippen molar-refractivity contribution in [3.8, 4) is 11.3 Å². The van der Waals surface area contributed by atoms with Gasteiger partial charge in [-0.25, -0.2) is 0 Å². The zero-order valence-corrected chi connectivity index (χ0v) is 9.57. The Kier molecular flexibility index (Phi) is 2.00. The van der Waals surface area contributed by atoms with Crippen molar-refractivity contribution in [3.05, 3.63) is 34.9 Å². The Morgan fingerprint density at radius 1 is 1.39 bits per heavy atom. The molecule has 0 fully saturated rings. The van der Waals surface area contributed by atoms with Gasteiger partial charge in [0.15, 0.2) is 11.6 Å². The average molecular weight is 242 g/mol. The number of fused-ring (bicyclic) bond motifs is 3. The second-order valence-corrected chi connectivity index (χ2v) is 4.00. The number of anilines is 1. The van der Waals surface area contributed by atoms with Gasteiger partial charge in [0, 0.05) is 18.2 Å². The molecule has 0 unspecified atom stereocenters. The molecule has 1 amide bonds. The maximum absolute atomic E-state index is 12.3. The molecule has 0 saturated carbocycles. The van der Waals surface area contributed by atoms with E-state index in [1.165, 1.54) is 7.05 Å². The Labute approximate surface area is 102 Å². The molecule has 1 aliphatic rings. The molecule has 0 spiro atoms. The second kappa shape index (κ2) is 3.43. The number of amides is 1. The highest BCUT2D eigenvalue weighted by atomic mass is 16.2. The lowest BCUT2D eigenvalue weighted by atomic mass is 10.0. The summed E-state index contributed by atoms with van der Waals surface area (Å²) >= 11 is 0. The van der Waals surface area contributed by atoms with E-state index in [9.17, 15) is 9.59 Å². The van der Waals surface area contributed by atoms with Crippen LogP contribution >= 0.6 is 0 Å². The summed E-state index contributed by atoms with van der Waals surface area (Å²) in [6, 6.07) is 5.11. The van der Waals surface area contributed by atoms with Gasteiger partial charge in [-0.05, 0) is 6.07 Å². The number of benzene rings is 1. The Morgan fingerprint density at radius 3 is 2.89 bits per heavy atom. The van der Waals surface area contributed by atoms with Crippen molar-refractivity contribution in [2.45, 2.75) is 0 Å². The van der Waals surface area contributed by atoms with Gasteiger partial charge in [-0.3, -0.25) is 14.7 Å². The minimum atomic E-state index is -0.295. The summed E-state index contributed by atoms with van der Waals surface area (Å²) in [7, 11) is 1.52. The number of ketones is 1. The molecule has 1 aromatic carbocycles. The number of rotatable bonds is 1. The summed E-state index contributed by atoms with van der Waals surface area (Å²) in [6.07, 6.45) is 0. The highest BCUT2D eigenvalue weighted by molar-refractivity contribution is 6.26.